The molecule has 1 fully saturated rings. The minimum atomic E-state index is -0.534. The fourth-order valence-electron chi connectivity index (χ4n) is 2.41. The van der Waals surface area contributed by atoms with Crippen molar-refractivity contribution in [3.05, 3.63) is 33.3 Å². The molecule has 1 unspecified atom stereocenters. The van der Waals surface area contributed by atoms with Gasteiger partial charge in [0.05, 0.1) is 48.4 Å². The molecule has 0 spiro atoms. The Morgan fingerprint density at radius 2 is 2.28 bits per heavy atom. The minimum Gasteiger partial charge on any atom is -0.469 e. The Kier molecular flexibility index (Phi) is 7.03. The van der Waals surface area contributed by atoms with Gasteiger partial charge in [0.2, 0.25) is 5.91 Å². The molecule has 1 aliphatic rings. The zero-order chi connectivity index (χ0) is 18.4. The van der Waals surface area contributed by atoms with Crippen LogP contribution in [0.3, 0.4) is 0 Å². The lowest BCUT2D eigenvalue weighted by Gasteiger charge is -2.35. The molecule has 1 aromatic carbocycles. The molecule has 0 aromatic heterocycles. The molecule has 1 saturated heterocycles. The van der Waals surface area contributed by atoms with E-state index in [9.17, 15) is 19.7 Å². The number of ether oxygens (including phenoxy) is 2. The Balaban J connectivity index is 2.03. The van der Waals surface area contributed by atoms with E-state index >= 15 is 0 Å². The number of nitro benzene ring substituents is 1. The maximum Gasteiger partial charge on any atom is 0.307 e. The molecule has 25 heavy (non-hydrogen) atoms. The Labute approximate surface area is 153 Å². The highest BCUT2D eigenvalue weighted by Gasteiger charge is 2.29. The van der Waals surface area contributed by atoms with Crippen molar-refractivity contribution in [3.63, 3.8) is 0 Å². The van der Waals surface area contributed by atoms with Crippen molar-refractivity contribution < 1.29 is 24.0 Å². The van der Waals surface area contributed by atoms with Crippen molar-refractivity contribution in [2.24, 2.45) is 0 Å². The Bertz CT molecular complexity index is 671. The third-order valence-electron chi connectivity index (χ3n) is 3.65. The summed E-state index contributed by atoms with van der Waals surface area (Å²) in [5, 5.41) is 11.4. The maximum atomic E-state index is 12.5. The second-order valence-corrected chi connectivity index (χ2v) is 6.71. The summed E-state index contributed by atoms with van der Waals surface area (Å²) in [5.41, 5.74) is -0.140. The first kappa shape index (κ1) is 19.5. The molecule has 1 amide bonds. The third-order valence-corrected chi connectivity index (χ3v) is 4.93. The smallest absolute Gasteiger partial charge is 0.307 e. The van der Waals surface area contributed by atoms with Crippen molar-refractivity contribution in [2.75, 3.05) is 32.6 Å². The van der Waals surface area contributed by atoms with Gasteiger partial charge in [-0.05, 0) is 12.1 Å². The lowest BCUT2D eigenvalue weighted by atomic mass is 10.1. The summed E-state index contributed by atoms with van der Waals surface area (Å²) in [5.74, 6) is -0.624. The summed E-state index contributed by atoms with van der Waals surface area (Å²) in [6, 6.07) is 3.91. The molecule has 0 saturated carbocycles. The number of morpholine rings is 1. The van der Waals surface area contributed by atoms with Crippen LogP contribution in [-0.4, -0.2) is 60.4 Å². The van der Waals surface area contributed by atoms with Gasteiger partial charge in [-0.1, -0.05) is 11.6 Å². The van der Waals surface area contributed by atoms with Crippen molar-refractivity contribution in [1.82, 2.24) is 4.90 Å². The highest BCUT2D eigenvalue weighted by atomic mass is 35.5. The topological polar surface area (TPSA) is 99.0 Å². The number of nitrogens with zero attached hydrogens (tertiary/aromatic N) is 2. The molecule has 0 bridgehead atoms. The summed E-state index contributed by atoms with van der Waals surface area (Å²) in [6.45, 7) is 1.01. The molecule has 0 aliphatic carbocycles. The zero-order valence-electron chi connectivity index (χ0n) is 13.5. The number of methoxy groups -OCH3 is 1. The summed E-state index contributed by atoms with van der Waals surface area (Å²) in [6.07, 6.45) is 0.0496. The average Bonchev–Trinajstić information content (AvgIpc) is 2.60. The van der Waals surface area contributed by atoms with E-state index in [1.807, 2.05) is 0 Å². The average molecular weight is 389 g/mol. The summed E-state index contributed by atoms with van der Waals surface area (Å²) in [4.78, 5) is 36.5. The van der Waals surface area contributed by atoms with Crippen LogP contribution in [0.4, 0.5) is 5.69 Å². The van der Waals surface area contributed by atoms with Crippen molar-refractivity contribution in [1.29, 1.82) is 0 Å². The number of hydrogen-bond acceptors (Lipinski definition) is 7. The van der Waals surface area contributed by atoms with E-state index in [0.717, 1.165) is 11.8 Å². The Morgan fingerprint density at radius 1 is 1.52 bits per heavy atom. The van der Waals surface area contributed by atoms with Gasteiger partial charge in [0.1, 0.15) is 0 Å². The number of esters is 1. The van der Waals surface area contributed by atoms with E-state index in [4.69, 9.17) is 16.3 Å². The number of benzene rings is 1. The van der Waals surface area contributed by atoms with Gasteiger partial charge >= 0.3 is 5.97 Å². The van der Waals surface area contributed by atoms with Crippen LogP contribution < -0.4 is 0 Å². The Hall–Kier alpha value is -1.84. The highest BCUT2D eigenvalue weighted by Crippen LogP contribution is 2.32. The molecule has 1 aliphatic heterocycles. The minimum absolute atomic E-state index is 0.0140. The van der Waals surface area contributed by atoms with Crippen molar-refractivity contribution in [2.45, 2.75) is 17.4 Å². The molecule has 1 atom stereocenters. The quantitative estimate of drug-likeness (QED) is 0.318. The monoisotopic (exact) mass is 388 g/mol. The van der Waals surface area contributed by atoms with Gasteiger partial charge in [-0.25, -0.2) is 0 Å². The van der Waals surface area contributed by atoms with Gasteiger partial charge in [-0.2, -0.15) is 0 Å². The van der Waals surface area contributed by atoms with E-state index in [1.54, 1.807) is 4.90 Å². The summed E-state index contributed by atoms with van der Waals surface area (Å²) >= 11 is 6.84. The fraction of sp³-hybridized carbons (Fsp3) is 0.467. The second-order valence-electron chi connectivity index (χ2n) is 5.25. The molecule has 1 aromatic rings. The molecule has 1 heterocycles. The largest absolute Gasteiger partial charge is 0.469 e. The number of nitro groups is 1. The first-order valence-corrected chi connectivity index (χ1v) is 8.79. The number of amides is 1. The fourth-order valence-corrected chi connectivity index (χ4v) is 3.46. The first-order valence-electron chi connectivity index (χ1n) is 7.43. The molecule has 0 N–H and O–H groups in total. The predicted octanol–water partition coefficient (Wildman–Crippen LogP) is 2.13. The van der Waals surface area contributed by atoms with E-state index in [2.05, 4.69) is 4.74 Å². The number of carbonyl (C=O) groups is 2. The van der Waals surface area contributed by atoms with Crippen LogP contribution >= 0.6 is 23.4 Å². The number of thioether (sulfide) groups is 1. The zero-order valence-corrected chi connectivity index (χ0v) is 15.0. The first-order chi connectivity index (χ1) is 11.9. The van der Waals surface area contributed by atoms with Crippen LogP contribution in [0.1, 0.15) is 6.42 Å². The van der Waals surface area contributed by atoms with Crippen LogP contribution in [0.25, 0.3) is 0 Å². The van der Waals surface area contributed by atoms with Crippen molar-refractivity contribution in [3.8, 4) is 0 Å². The van der Waals surface area contributed by atoms with E-state index in [-0.39, 0.29) is 35.4 Å². The van der Waals surface area contributed by atoms with Gasteiger partial charge in [0.25, 0.3) is 5.69 Å². The predicted molar refractivity (Wildman–Crippen MR) is 91.8 cm³/mol. The van der Waals surface area contributed by atoms with Crippen molar-refractivity contribution >= 4 is 40.9 Å². The van der Waals surface area contributed by atoms with Gasteiger partial charge in [-0.15, -0.1) is 11.8 Å². The lowest BCUT2D eigenvalue weighted by molar-refractivity contribution is -0.387. The summed E-state index contributed by atoms with van der Waals surface area (Å²) < 4.78 is 9.96. The molecular formula is C15H17ClN2O6S. The van der Waals surface area contributed by atoms with E-state index in [0.29, 0.717) is 18.0 Å². The molecule has 0 radical (unpaired) electrons. The maximum absolute atomic E-state index is 12.5. The standard InChI is InChI=1S/C15H17ClN2O6S/c1-23-15(20)7-11-8-24-5-4-17(11)14(19)9-25-13-3-2-10(16)6-12(13)18(21)22/h2-3,6,11H,4-5,7-9H2,1H3. The molecular weight excluding hydrogens is 372 g/mol. The van der Waals surface area contributed by atoms with Crippen LogP contribution in [-0.2, 0) is 19.1 Å². The van der Waals surface area contributed by atoms with Gasteiger partial charge in [0, 0.05) is 17.6 Å². The number of hydrogen-bond donors (Lipinski definition) is 0. The second kappa shape index (κ2) is 9.02. The Morgan fingerprint density at radius 3 is 2.96 bits per heavy atom. The molecule has 2 rings (SSSR count). The van der Waals surface area contributed by atoms with E-state index < -0.39 is 16.9 Å². The molecule has 8 nitrogen and oxygen atoms in total. The highest BCUT2D eigenvalue weighted by molar-refractivity contribution is 8.00. The normalized spacial score (nSPS) is 17.2. The van der Waals surface area contributed by atoms with Crippen LogP contribution in [0, 0.1) is 10.1 Å². The SMILES string of the molecule is COC(=O)CC1COCCN1C(=O)CSc1ccc(Cl)cc1[N+](=O)[O-]. The van der Waals surface area contributed by atoms with Crippen LogP contribution in [0.15, 0.2) is 23.1 Å². The van der Waals surface area contributed by atoms with Gasteiger partial charge < -0.3 is 14.4 Å². The molecule has 136 valence electrons. The number of carbonyl (C=O) groups excluding carboxylic acids is 2. The number of halogens is 1. The number of rotatable bonds is 6. The van der Waals surface area contributed by atoms with Crippen LogP contribution in [0.5, 0.6) is 0 Å². The lowest BCUT2D eigenvalue weighted by Crippen LogP contribution is -2.50. The van der Waals surface area contributed by atoms with Gasteiger partial charge in [-0.3, -0.25) is 19.7 Å². The summed E-state index contributed by atoms with van der Waals surface area (Å²) in [7, 11) is 1.29. The van der Waals surface area contributed by atoms with Crippen LogP contribution in [0.2, 0.25) is 5.02 Å². The van der Waals surface area contributed by atoms with E-state index in [1.165, 1.54) is 25.3 Å². The van der Waals surface area contributed by atoms with Gasteiger partial charge in [0.15, 0.2) is 0 Å². The third kappa shape index (κ3) is 5.32. The molecule has 10 heteroatoms.